The molecule has 1 saturated heterocycles. The summed E-state index contributed by atoms with van der Waals surface area (Å²) in [4.78, 5) is 27.8. The van der Waals surface area contributed by atoms with Crippen molar-refractivity contribution in [1.29, 1.82) is 0 Å². The molecule has 32 heavy (non-hydrogen) atoms. The minimum atomic E-state index is -3.06. The number of carbonyl (C=O) groups is 2. The van der Waals surface area contributed by atoms with Crippen molar-refractivity contribution in [2.45, 2.75) is 48.8 Å². The van der Waals surface area contributed by atoms with Crippen molar-refractivity contribution < 1.29 is 22.4 Å². The van der Waals surface area contributed by atoms with Crippen LogP contribution >= 0.6 is 23.4 Å². The van der Waals surface area contributed by atoms with Crippen molar-refractivity contribution in [2.75, 3.05) is 24.3 Å². The second-order valence-corrected chi connectivity index (χ2v) is 11.8. The highest BCUT2D eigenvalue weighted by atomic mass is 35.5. The molecular weight excluding hydrogens is 474 g/mol. The van der Waals surface area contributed by atoms with Crippen LogP contribution in [0.3, 0.4) is 0 Å². The fourth-order valence-corrected chi connectivity index (χ4v) is 7.20. The molecule has 0 unspecified atom stereocenters. The molecule has 11 heteroatoms. The molecule has 172 valence electrons. The Morgan fingerprint density at radius 1 is 1.31 bits per heavy atom. The van der Waals surface area contributed by atoms with Gasteiger partial charge in [-0.3, -0.25) is 9.59 Å². The van der Waals surface area contributed by atoms with Crippen molar-refractivity contribution in [2.24, 2.45) is 0 Å². The fraction of sp³-hybridized carbons (Fsp3) is 0.524. The molecule has 1 aliphatic carbocycles. The van der Waals surface area contributed by atoms with Gasteiger partial charge in [0.05, 0.1) is 23.2 Å². The van der Waals surface area contributed by atoms with E-state index in [0.717, 1.165) is 24.6 Å². The summed E-state index contributed by atoms with van der Waals surface area (Å²) in [5.74, 6) is -0.171. The van der Waals surface area contributed by atoms with Gasteiger partial charge in [-0.2, -0.15) is 0 Å². The van der Waals surface area contributed by atoms with Crippen molar-refractivity contribution in [3.63, 3.8) is 0 Å². The number of hydrogen-bond acceptors (Lipinski definition) is 8. The zero-order valence-corrected chi connectivity index (χ0v) is 20.0. The van der Waals surface area contributed by atoms with E-state index in [-0.39, 0.29) is 46.0 Å². The molecular formula is C21H24ClN3O5S2. The number of halogens is 1. The molecule has 2 atom stereocenters. The van der Waals surface area contributed by atoms with E-state index in [1.807, 2.05) is 12.1 Å². The van der Waals surface area contributed by atoms with E-state index in [2.05, 4.69) is 10.2 Å². The average Bonchev–Trinajstić information content (AvgIpc) is 3.38. The van der Waals surface area contributed by atoms with Crippen molar-refractivity contribution >= 4 is 44.9 Å². The molecule has 0 spiro atoms. The van der Waals surface area contributed by atoms with Gasteiger partial charge in [-0.1, -0.05) is 41.6 Å². The minimum Gasteiger partial charge on any atom is -0.416 e. The van der Waals surface area contributed by atoms with E-state index in [1.165, 1.54) is 4.90 Å². The van der Waals surface area contributed by atoms with Gasteiger partial charge >= 0.3 is 0 Å². The Balaban J connectivity index is 1.49. The number of thioether (sulfide) groups is 1. The SMILES string of the molecule is CN(C(=O)CSc1nnc([C@H]2CCS(=O)(=O)C2)o1)[C@@]1(c2ccccc2Cl)CCCCC1=O. The number of likely N-dealkylation sites (N-methyl/N-ethyl adjacent to an activating group) is 1. The Kier molecular flexibility index (Phi) is 6.65. The molecule has 1 amide bonds. The van der Waals surface area contributed by atoms with Gasteiger partial charge in [-0.25, -0.2) is 8.42 Å². The van der Waals surface area contributed by atoms with Crippen LogP contribution in [-0.4, -0.2) is 59.5 Å². The zero-order valence-electron chi connectivity index (χ0n) is 17.6. The largest absolute Gasteiger partial charge is 0.416 e. The van der Waals surface area contributed by atoms with Gasteiger partial charge in [-0.05, 0) is 31.7 Å². The van der Waals surface area contributed by atoms with E-state index in [1.54, 1.807) is 19.2 Å². The maximum absolute atomic E-state index is 13.1. The number of nitrogens with zero attached hydrogens (tertiary/aromatic N) is 3. The number of carbonyl (C=O) groups excluding carboxylic acids is 2. The fourth-order valence-electron chi connectivity index (χ4n) is 4.50. The maximum atomic E-state index is 13.1. The van der Waals surface area contributed by atoms with Crippen molar-refractivity contribution in [1.82, 2.24) is 15.1 Å². The Morgan fingerprint density at radius 3 is 2.78 bits per heavy atom. The second-order valence-electron chi connectivity index (χ2n) is 8.22. The standard InChI is InChI=1S/C21H24ClN3O5S2/c1-25(21(10-5-4-8-17(21)26)15-6-2-3-7-16(15)22)18(27)12-31-20-24-23-19(30-20)14-9-11-32(28,29)13-14/h2-3,6-7,14H,4-5,8-13H2,1H3/t14-,21+/m0/s1. The lowest BCUT2D eigenvalue weighted by molar-refractivity contribution is -0.146. The molecule has 1 aliphatic heterocycles. The first-order valence-electron chi connectivity index (χ1n) is 10.4. The number of ketones is 1. The summed E-state index contributed by atoms with van der Waals surface area (Å²) in [5, 5.41) is 8.58. The monoisotopic (exact) mass is 497 g/mol. The summed E-state index contributed by atoms with van der Waals surface area (Å²) in [6.45, 7) is 0. The van der Waals surface area contributed by atoms with Gasteiger partial charge < -0.3 is 9.32 Å². The predicted octanol–water partition coefficient (Wildman–Crippen LogP) is 3.21. The van der Waals surface area contributed by atoms with Gasteiger partial charge in [0.2, 0.25) is 11.8 Å². The van der Waals surface area contributed by atoms with Crippen molar-refractivity contribution in [3.05, 3.63) is 40.7 Å². The molecule has 0 N–H and O–H groups in total. The number of hydrogen-bond donors (Lipinski definition) is 0. The summed E-state index contributed by atoms with van der Waals surface area (Å²) in [6, 6.07) is 7.16. The Labute approximate surface area is 196 Å². The van der Waals surface area contributed by atoms with E-state index < -0.39 is 15.4 Å². The zero-order chi connectivity index (χ0) is 22.9. The molecule has 8 nitrogen and oxygen atoms in total. The van der Waals surface area contributed by atoms with E-state index in [4.69, 9.17) is 16.0 Å². The lowest BCUT2D eigenvalue weighted by Crippen LogP contribution is -2.54. The summed E-state index contributed by atoms with van der Waals surface area (Å²) < 4.78 is 29.0. The smallest absolute Gasteiger partial charge is 0.277 e. The highest BCUT2D eigenvalue weighted by Crippen LogP contribution is 2.42. The number of sulfone groups is 1. The van der Waals surface area contributed by atoms with Crippen molar-refractivity contribution in [3.8, 4) is 0 Å². The highest BCUT2D eigenvalue weighted by Gasteiger charge is 2.47. The topological polar surface area (TPSA) is 110 Å². The molecule has 0 radical (unpaired) electrons. The third kappa shape index (κ3) is 4.45. The minimum absolute atomic E-state index is 0.000577. The van der Waals surface area contributed by atoms with Crippen LogP contribution in [0.25, 0.3) is 0 Å². The molecule has 2 fully saturated rings. The molecule has 1 saturated carbocycles. The molecule has 2 heterocycles. The lowest BCUT2D eigenvalue weighted by atomic mass is 9.74. The molecule has 2 aromatic rings. The Bertz CT molecular complexity index is 1140. The van der Waals surface area contributed by atoms with E-state index in [9.17, 15) is 18.0 Å². The average molecular weight is 498 g/mol. The predicted molar refractivity (Wildman–Crippen MR) is 120 cm³/mol. The summed E-state index contributed by atoms with van der Waals surface area (Å²) in [7, 11) is -1.43. The van der Waals surface area contributed by atoms with Crippen LogP contribution in [0.5, 0.6) is 0 Å². The first-order chi connectivity index (χ1) is 15.2. The third-order valence-electron chi connectivity index (χ3n) is 6.24. The van der Waals surface area contributed by atoms with Crippen LogP contribution in [0.1, 0.15) is 49.5 Å². The normalized spacial score (nSPS) is 25.1. The van der Waals surface area contributed by atoms with Crippen LogP contribution < -0.4 is 0 Å². The van der Waals surface area contributed by atoms with Gasteiger partial charge in [0.15, 0.2) is 15.6 Å². The van der Waals surface area contributed by atoms with Crippen LogP contribution in [0.15, 0.2) is 33.9 Å². The van der Waals surface area contributed by atoms with Gasteiger partial charge in [-0.15, -0.1) is 10.2 Å². The summed E-state index contributed by atoms with van der Waals surface area (Å²) >= 11 is 7.52. The number of amides is 1. The van der Waals surface area contributed by atoms with Crippen LogP contribution in [-0.2, 0) is 25.0 Å². The Morgan fingerprint density at radius 2 is 2.09 bits per heavy atom. The summed E-state index contributed by atoms with van der Waals surface area (Å²) in [6.07, 6.45) is 2.98. The van der Waals surface area contributed by atoms with Crippen LogP contribution in [0.4, 0.5) is 0 Å². The number of aromatic nitrogens is 2. The molecule has 4 rings (SSSR count). The van der Waals surface area contributed by atoms with Crippen LogP contribution in [0.2, 0.25) is 5.02 Å². The third-order valence-corrected chi connectivity index (χ3v) is 9.14. The maximum Gasteiger partial charge on any atom is 0.277 e. The lowest BCUT2D eigenvalue weighted by Gasteiger charge is -2.44. The van der Waals surface area contributed by atoms with Gasteiger partial charge in [0.25, 0.3) is 5.22 Å². The molecule has 1 aromatic heterocycles. The number of Topliss-reactive ketones (excluding diaryl/α,β-unsaturated/α-hetero) is 1. The second kappa shape index (κ2) is 9.15. The van der Waals surface area contributed by atoms with Gasteiger partial charge in [0.1, 0.15) is 5.54 Å². The number of benzene rings is 1. The first kappa shape index (κ1) is 23.3. The van der Waals surface area contributed by atoms with E-state index in [0.29, 0.717) is 29.8 Å². The van der Waals surface area contributed by atoms with Gasteiger partial charge in [0, 0.05) is 24.1 Å². The summed E-state index contributed by atoms with van der Waals surface area (Å²) in [5.41, 5.74) is -0.443. The number of rotatable bonds is 6. The Hall–Kier alpha value is -1.91. The molecule has 1 aromatic carbocycles. The highest BCUT2D eigenvalue weighted by molar-refractivity contribution is 7.99. The quantitative estimate of drug-likeness (QED) is 0.559. The van der Waals surface area contributed by atoms with Crippen LogP contribution in [0, 0.1) is 0 Å². The molecule has 0 bridgehead atoms. The molecule has 2 aliphatic rings. The van der Waals surface area contributed by atoms with E-state index >= 15 is 0 Å². The first-order valence-corrected chi connectivity index (χ1v) is 13.6.